The van der Waals surface area contributed by atoms with Gasteiger partial charge in [0.05, 0.1) is 7.11 Å². The average Bonchev–Trinajstić information content (AvgIpc) is 3.22. The molecule has 1 aliphatic rings. The number of hydrogen-bond acceptors (Lipinski definition) is 6. The summed E-state index contributed by atoms with van der Waals surface area (Å²) >= 11 is 0. The van der Waals surface area contributed by atoms with Gasteiger partial charge in [0.15, 0.2) is 0 Å². The Hall–Kier alpha value is -3.36. The van der Waals surface area contributed by atoms with Gasteiger partial charge in [-0.2, -0.15) is 14.6 Å². The lowest BCUT2D eigenvalue weighted by Crippen LogP contribution is -2.52. The average molecular weight is 395 g/mol. The van der Waals surface area contributed by atoms with Crippen LogP contribution in [0, 0.1) is 6.92 Å². The molecule has 29 heavy (non-hydrogen) atoms. The van der Waals surface area contributed by atoms with Crippen molar-refractivity contribution in [1.82, 2.24) is 29.8 Å². The van der Waals surface area contributed by atoms with Crippen molar-refractivity contribution in [3.63, 3.8) is 0 Å². The van der Waals surface area contributed by atoms with E-state index in [4.69, 9.17) is 4.74 Å². The predicted octanol–water partition coefficient (Wildman–Crippen LogP) is 1.52. The van der Waals surface area contributed by atoms with E-state index in [2.05, 4.69) is 25.3 Å². The minimum Gasteiger partial charge on any atom is -0.497 e. The number of fused-ring (bicyclic) bond motifs is 1. The number of benzene rings is 1. The summed E-state index contributed by atoms with van der Waals surface area (Å²) in [4.78, 5) is 25.1. The van der Waals surface area contributed by atoms with Crippen LogP contribution in [-0.4, -0.2) is 70.3 Å². The van der Waals surface area contributed by atoms with Crippen LogP contribution in [0.4, 0.5) is 10.6 Å². The van der Waals surface area contributed by atoms with Crippen LogP contribution in [0.25, 0.3) is 5.78 Å². The fraction of sp³-hybridized carbons (Fsp3) is 0.400. The molecule has 2 amide bonds. The van der Waals surface area contributed by atoms with E-state index in [1.807, 2.05) is 42.2 Å². The molecule has 1 saturated heterocycles. The molecule has 1 aromatic carbocycles. The maximum Gasteiger partial charge on any atom is 0.317 e. The van der Waals surface area contributed by atoms with Crippen molar-refractivity contribution in [3.8, 4) is 5.75 Å². The number of urea groups is 1. The van der Waals surface area contributed by atoms with E-state index in [-0.39, 0.29) is 6.03 Å². The zero-order chi connectivity index (χ0) is 20.2. The van der Waals surface area contributed by atoms with Gasteiger partial charge in [0.25, 0.3) is 5.78 Å². The third kappa shape index (κ3) is 4.23. The van der Waals surface area contributed by atoms with E-state index in [1.165, 1.54) is 11.9 Å². The maximum absolute atomic E-state index is 12.5. The van der Waals surface area contributed by atoms with Crippen molar-refractivity contribution in [1.29, 1.82) is 0 Å². The number of amides is 2. The molecule has 0 bridgehead atoms. The standard InChI is InChI=1S/C20H25N7O2/c1-15-13-18(27-19(24-15)22-14-23-27)25-9-11-26(12-10-25)20(28)21-8-7-16-3-5-17(29-2)6-4-16/h3-6,13-14H,7-12H2,1-2H3,(H,21,28). The normalized spacial score (nSPS) is 14.3. The predicted molar refractivity (Wildman–Crippen MR) is 109 cm³/mol. The molecule has 0 aliphatic carbocycles. The first kappa shape index (κ1) is 19.0. The quantitative estimate of drug-likeness (QED) is 0.705. The summed E-state index contributed by atoms with van der Waals surface area (Å²) in [7, 11) is 1.65. The van der Waals surface area contributed by atoms with Gasteiger partial charge in [0.1, 0.15) is 17.9 Å². The molecule has 152 valence electrons. The van der Waals surface area contributed by atoms with Crippen molar-refractivity contribution in [3.05, 3.63) is 47.9 Å². The number of aromatic nitrogens is 4. The molecular weight excluding hydrogens is 370 g/mol. The number of ether oxygens (including phenoxy) is 1. The second-order valence-corrected chi connectivity index (χ2v) is 7.03. The third-order valence-electron chi connectivity index (χ3n) is 5.10. The van der Waals surface area contributed by atoms with Crippen LogP contribution in [-0.2, 0) is 6.42 Å². The highest BCUT2D eigenvalue weighted by molar-refractivity contribution is 5.74. The van der Waals surface area contributed by atoms with E-state index < -0.39 is 0 Å². The van der Waals surface area contributed by atoms with E-state index in [0.29, 0.717) is 25.4 Å². The van der Waals surface area contributed by atoms with Gasteiger partial charge >= 0.3 is 6.03 Å². The summed E-state index contributed by atoms with van der Waals surface area (Å²) in [6.45, 7) is 5.35. The van der Waals surface area contributed by atoms with E-state index in [1.54, 1.807) is 11.6 Å². The largest absolute Gasteiger partial charge is 0.497 e. The number of nitrogens with zero attached hydrogens (tertiary/aromatic N) is 6. The monoisotopic (exact) mass is 395 g/mol. The minimum atomic E-state index is -0.0185. The topological polar surface area (TPSA) is 87.9 Å². The van der Waals surface area contributed by atoms with Gasteiger partial charge in [-0.25, -0.2) is 9.78 Å². The highest BCUT2D eigenvalue weighted by atomic mass is 16.5. The van der Waals surface area contributed by atoms with Crippen LogP contribution >= 0.6 is 0 Å². The van der Waals surface area contributed by atoms with Crippen molar-refractivity contribution in [2.45, 2.75) is 13.3 Å². The Balaban J connectivity index is 1.28. The second kappa shape index (κ2) is 8.34. The number of piperazine rings is 1. The van der Waals surface area contributed by atoms with Crippen LogP contribution < -0.4 is 15.0 Å². The Morgan fingerprint density at radius 1 is 1.17 bits per heavy atom. The Kier molecular flexibility index (Phi) is 5.46. The molecule has 1 aliphatic heterocycles. The summed E-state index contributed by atoms with van der Waals surface area (Å²) in [5.41, 5.74) is 2.07. The van der Waals surface area contributed by atoms with Gasteiger partial charge < -0.3 is 19.9 Å². The summed E-state index contributed by atoms with van der Waals surface area (Å²) in [5.74, 6) is 2.39. The van der Waals surface area contributed by atoms with Crippen LogP contribution in [0.2, 0.25) is 0 Å². The number of methoxy groups -OCH3 is 1. The van der Waals surface area contributed by atoms with Crippen molar-refractivity contribution >= 4 is 17.6 Å². The Bertz CT molecular complexity index is 978. The summed E-state index contributed by atoms with van der Waals surface area (Å²) in [6, 6.07) is 9.89. The summed E-state index contributed by atoms with van der Waals surface area (Å²) in [6.07, 6.45) is 2.30. The Morgan fingerprint density at radius 2 is 1.93 bits per heavy atom. The molecule has 0 spiro atoms. The molecule has 1 N–H and O–H groups in total. The fourth-order valence-electron chi connectivity index (χ4n) is 3.49. The van der Waals surface area contributed by atoms with Gasteiger partial charge in [0.2, 0.25) is 0 Å². The molecule has 0 atom stereocenters. The number of carbonyl (C=O) groups is 1. The van der Waals surface area contributed by atoms with E-state index >= 15 is 0 Å². The first-order chi connectivity index (χ1) is 14.1. The summed E-state index contributed by atoms with van der Waals surface area (Å²) < 4.78 is 6.91. The number of anilines is 1. The fourth-order valence-corrected chi connectivity index (χ4v) is 3.49. The molecule has 0 radical (unpaired) electrons. The van der Waals surface area contributed by atoms with Crippen molar-refractivity contribution < 1.29 is 9.53 Å². The first-order valence-corrected chi connectivity index (χ1v) is 9.72. The molecule has 3 heterocycles. The zero-order valence-corrected chi connectivity index (χ0v) is 16.7. The van der Waals surface area contributed by atoms with Gasteiger partial charge in [-0.3, -0.25) is 0 Å². The number of rotatable bonds is 5. The van der Waals surface area contributed by atoms with Crippen LogP contribution in [0.3, 0.4) is 0 Å². The SMILES string of the molecule is COc1ccc(CCNC(=O)N2CCN(c3cc(C)nc4ncnn34)CC2)cc1. The lowest BCUT2D eigenvalue weighted by Gasteiger charge is -2.35. The smallest absolute Gasteiger partial charge is 0.317 e. The first-order valence-electron chi connectivity index (χ1n) is 9.72. The number of aryl methyl sites for hydroxylation is 1. The lowest BCUT2D eigenvalue weighted by atomic mass is 10.1. The Morgan fingerprint density at radius 3 is 2.66 bits per heavy atom. The molecular formula is C20H25N7O2. The third-order valence-corrected chi connectivity index (χ3v) is 5.10. The molecule has 4 rings (SSSR count). The molecule has 9 nitrogen and oxygen atoms in total. The molecule has 0 saturated carbocycles. The minimum absolute atomic E-state index is 0.0185. The van der Waals surface area contributed by atoms with Crippen molar-refractivity contribution in [2.75, 3.05) is 44.7 Å². The highest BCUT2D eigenvalue weighted by Crippen LogP contribution is 2.18. The Labute approximate surface area is 169 Å². The molecule has 0 unspecified atom stereocenters. The van der Waals surface area contributed by atoms with E-state index in [9.17, 15) is 4.79 Å². The molecule has 2 aromatic heterocycles. The van der Waals surface area contributed by atoms with Crippen LogP contribution in [0.15, 0.2) is 36.7 Å². The number of nitrogens with one attached hydrogen (secondary N) is 1. The van der Waals surface area contributed by atoms with Gasteiger partial charge in [-0.05, 0) is 31.0 Å². The summed E-state index contributed by atoms with van der Waals surface area (Å²) in [5, 5.41) is 7.29. The molecule has 1 fully saturated rings. The van der Waals surface area contributed by atoms with Crippen LogP contribution in [0.5, 0.6) is 5.75 Å². The zero-order valence-electron chi connectivity index (χ0n) is 16.7. The van der Waals surface area contributed by atoms with Crippen LogP contribution in [0.1, 0.15) is 11.3 Å². The molecule has 9 heteroatoms. The highest BCUT2D eigenvalue weighted by Gasteiger charge is 2.23. The van der Waals surface area contributed by atoms with Gasteiger partial charge in [-0.15, -0.1) is 0 Å². The van der Waals surface area contributed by atoms with Crippen molar-refractivity contribution in [2.24, 2.45) is 0 Å². The maximum atomic E-state index is 12.5. The molecule has 3 aromatic rings. The van der Waals surface area contributed by atoms with Gasteiger partial charge in [-0.1, -0.05) is 12.1 Å². The number of hydrogen-bond donors (Lipinski definition) is 1. The lowest BCUT2D eigenvalue weighted by molar-refractivity contribution is 0.194. The van der Waals surface area contributed by atoms with E-state index in [0.717, 1.165) is 36.8 Å². The number of carbonyl (C=O) groups excluding carboxylic acids is 1. The van der Waals surface area contributed by atoms with Gasteiger partial charge in [0, 0.05) is 44.5 Å². The second-order valence-electron chi connectivity index (χ2n) is 7.03.